The van der Waals surface area contributed by atoms with Gasteiger partial charge in [0.2, 0.25) is 0 Å². The van der Waals surface area contributed by atoms with Gasteiger partial charge in [-0.3, -0.25) is 0 Å². The number of nitrogens with one attached hydrogen (secondary N) is 1. The van der Waals surface area contributed by atoms with Crippen molar-refractivity contribution in [1.29, 1.82) is 0 Å². The second kappa shape index (κ2) is 4.49. The molecule has 0 saturated heterocycles. The maximum Gasteiger partial charge on any atom is 0.0961 e. The van der Waals surface area contributed by atoms with Gasteiger partial charge in [-0.25, -0.2) is 4.98 Å². The summed E-state index contributed by atoms with van der Waals surface area (Å²) >= 11 is 0. The Bertz CT molecular complexity index is 655. The van der Waals surface area contributed by atoms with Crippen molar-refractivity contribution >= 4 is 11.4 Å². The molecule has 3 aromatic rings. The van der Waals surface area contributed by atoms with Crippen LogP contribution in [0.3, 0.4) is 0 Å². The number of nitrogens with two attached hydrogens (primary N) is 2. The summed E-state index contributed by atoms with van der Waals surface area (Å²) in [5.74, 6) is 0. The van der Waals surface area contributed by atoms with Gasteiger partial charge in [0.15, 0.2) is 0 Å². The Hall–Kier alpha value is -2.75. The average molecular weight is 250 g/mol. The molecule has 4 nitrogen and oxygen atoms in total. The quantitative estimate of drug-likeness (QED) is 0.612. The molecule has 5 N–H and O–H groups in total. The van der Waals surface area contributed by atoms with Crippen molar-refractivity contribution in [2.24, 2.45) is 0 Å². The summed E-state index contributed by atoms with van der Waals surface area (Å²) < 4.78 is 0. The molecule has 2 aromatic carbocycles. The van der Waals surface area contributed by atoms with Crippen LogP contribution in [0.25, 0.3) is 22.5 Å². The van der Waals surface area contributed by atoms with E-state index in [0.717, 1.165) is 33.9 Å². The molecule has 3 rings (SSSR count). The monoisotopic (exact) mass is 250 g/mol. The predicted octanol–water partition coefficient (Wildman–Crippen LogP) is 2.91. The van der Waals surface area contributed by atoms with Crippen LogP contribution in [-0.2, 0) is 0 Å². The van der Waals surface area contributed by atoms with Gasteiger partial charge in [0.05, 0.1) is 17.7 Å². The van der Waals surface area contributed by atoms with Gasteiger partial charge in [-0.05, 0) is 24.3 Å². The molecule has 1 aromatic heterocycles. The van der Waals surface area contributed by atoms with E-state index in [0.29, 0.717) is 0 Å². The lowest BCUT2D eigenvalue weighted by Crippen LogP contribution is -1.89. The van der Waals surface area contributed by atoms with Gasteiger partial charge in [0, 0.05) is 22.5 Å². The van der Waals surface area contributed by atoms with E-state index in [1.165, 1.54) is 0 Å². The van der Waals surface area contributed by atoms with Crippen molar-refractivity contribution in [2.75, 3.05) is 11.5 Å². The molecule has 0 fully saturated rings. The molecule has 0 radical (unpaired) electrons. The topological polar surface area (TPSA) is 80.7 Å². The zero-order chi connectivity index (χ0) is 13.2. The van der Waals surface area contributed by atoms with Crippen molar-refractivity contribution in [2.45, 2.75) is 0 Å². The Morgan fingerprint density at radius 3 is 2.16 bits per heavy atom. The zero-order valence-electron chi connectivity index (χ0n) is 10.3. The Morgan fingerprint density at radius 1 is 0.842 bits per heavy atom. The van der Waals surface area contributed by atoms with E-state index in [-0.39, 0.29) is 0 Å². The molecule has 19 heavy (non-hydrogen) atoms. The van der Waals surface area contributed by atoms with Crippen molar-refractivity contribution in [3.8, 4) is 22.5 Å². The highest BCUT2D eigenvalue weighted by molar-refractivity contribution is 5.80. The van der Waals surface area contributed by atoms with Crippen LogP contribution in [-0.4, -0.2) is 9.97 Å². The van der Waals surface area contributed by atoms with E-state index in [9.17, 15) is 0 Å². The minimum absolute atomic E-state index is 0.721. The Labute approximate surface area is 111 Å². The van der Waals surface area contributed by atoms with Gasteiger partial charge >= 0.3 is 0 Å². The molecule has 4 heteroatoms. The normalized spacial score (nSPS) is 10.5. The summed E-state index contributed by atoms with van der Waals surface area (Å²) in [7, 11) is 0. The molecule has 0 aliphatic carbocycles. The predicted molar refractivity (Wildman–Crippen MR) is 78.3 cm³/mol. The standard InChI is InChI=1S/C15H14N4/c16-12-5-1-3-10(7-12)14-15(19-9-18-14)11-4-2-6-13(17)8-11/h1-9H,16-17H2,(H,18,19). The maximum absolute atomic E-state index is 5.82. The molecule has 94 valence electrons. The van der Waals surface area contributed by atoms with Crippen LogP contribution >= 0.6 is 0 Å². The van der Waals surface area contributed by atoms with Crippen LogP contribution in [0.1, 0.15) is 0 Å². The fraction of sp³-hybridized carbons (Fsp3) is 0. The number of anilines is 2. The first-order valence-corrected chi connectivity index (χ1v) is 5.99. The molecule has 0 aliphatic rings. The van der Waals surface area contributed by atoms with E-state index < -0.39 is 0 Å². The summed E-state index contributed by atoms with van der Waals surface area (Å²) in [6.45, 7) is 0. The second-order valence-corrected chi connectivity index (χ2v) is 4.38. The molecule has 0 spiro atoms. The molecule has 1 heterocycles. The van der Waals surface area contributed by atoms with Gasteiger partial charge in [-0.1, -0.05) is 24.3 Å². The molecular weight excluding hydrogens is 236 g/mol. The Balaban J connectivity index is 2.13. The van der Waals surface area contributed by atoms with Crippen LogP contribution < -0.4 is 11.5 Å². The minimum atomic E-state index is 0.721. The molecule has 0 aliphatic heterocycles. The molecule has 0 bridgehead atoms. The second-order valence-electron chi connectivity index (χ2n) is 4.38. The summed E-state index contributed by atoms with van der Waals surface area (Å²) in [4.78, 5) is 7.54. The van der Waals surface area contributed by atoms with Gasteiger partial charge < -0.3 is 16.5 Å². The number of imidazole rings is 1. The highest BCUT2D eigenvalue weighted by atomic mass is 14.9. The van der Waals surface area contributed by atoms with Crippen LogP contribution in [0.4, 0.5) is 11.4 Å². The number of benzene rings is 2. The smallest absolute Gasteiger partial charge is 0.0961 e. The third kappa shape index (κ3) is 2.15. The van der Waals surface area contributed by atoms with Gasteiger partial charge in [-0.2, -0.15) is 0 Å². The molecule has 0 saturated carbocycles. The average Bonchev–Trinajstić information content (AvgIpc) is 2.88. The third-order valence-corrected chi connectivity index (χ3v) is 2.97. The summed E-state index contributed by atoms with van der Waals surface area (Å²) in [6.07, 6.45) is 1.68. The third-order valence-electron chi connectivity index (χ3n) is 2.97. The van der Waals surface area contributed by atoms with Crippen molar-refractivity contribution in [3.63, 3.8) is 0 Å². The number of hydrogen-bond donors (Lipinski definition) is 3. The molecular formula is C15H14N4. The number of H-pyrrole nitrogens is 1. The van der Waals surface area contributed by atoms with E-state index >= 15 is 0 Å². The summed E-state index contributed by atoms with van der Waals surface area (Å²) in [6, 6.07) is 15.4. The fourth-order valence-electron chi connectivity index (χ4n) is 2.11. The fourth-order valence-corrected chi connectivity index (χ4v) is 2.11. The first kappa shape index (κ1) is 11.3. The van der Waals surface area contributed by atoms with Gasteiger partial charge in [0.1, 0.15) is 0 Å². The molecule has 0 unspecified atom stereocenters. The van der Waals surface area contributed by atoms with E-state index in [1.54, 1.807) is 6.33 Å². The van der Waals surface area contributed by atoms with Gasteiger partial charge in [-0.15, -0.1) is 0 Å². The molecule has 0 atom stereocenters. The first-order valence-electron chi connectivity index (χ1n) is 5.99. The van der Waals surface area contributed by atoms with Crippen LogP contribution in [0, 0.1) is 0 Å². The van der Waals surface area contributed by atoms with E-state index in [1.807, 2.05) is 48.5 Å². The SMILES string of the molecule is Nc1cccc(-c2nc[nH]c2-c2cccc(N)c2)c1. The zero-order valence-corrected chi connectivity index (χ0v) is 10.3. The lowest BCUT2D eigenvalue weighted by atomic mass is 10.0. The van der Waals surface area contributed by atoms with E-state index in [4.69, 9.17) is 11.5 Å². The minimum Gasteiger partial charge on any atom is -0.399 e. The van der Waals surface area contributed by atoms with Crippen LogP contribution in [0.5, 0.6) is 0 Å². The maximum atomic E-state index is 5.82. The number of aromatic nitrogens is 2. The van der Waals surface area contributed by atoms with Crippen molar-refractivity contribution < 1.29 is 0 Å². The van der Waals surface area contributed by atoms with Crippen molar-refractivity contribution in [1.82, 2.24) is 9.97 Å². The largest absolute Gasteiger partial charge is 0.399 e. The van der Waals surface area contributed by atoms with Crippen molar-refractivity contribution in [3.05, 3.63) is 54.9 Å². The first-order chi connectivity index (χ1) is 9.24. The Morgan fingerprint density at radius 2 is 1.47 bits per heavy atom. The van der Waals surface area contributed by atoms with Crippen LogP contribution in [0.15, 0.2) is 54.9 Å². The number of hydrogen-bond acceptors (Lipinski definition) is 3. The Kier molecular flexibility index (Phi) is 2.68. The number of nitrogens with zero attached hydrogens (tertiary/aromatic N) is 1. The number of rotatable bonds is 2. The summed E-state index contributed by atoms with van der Waals surface area (Å²) in [5, 5.41) is 0. The lowest BCUT2D eigenvalue weighted by molar-refractivity contribution is 1.31. The number of aromatic amines is 1. The highest BCUT2D eigenvalue weighted by Gasteiger charge is 2.10. The van der Waals surface area contributed by atoms with Gasteiger partial charge in [0.25, 0.3) is 0 Å². The van der Waals surface area contributed by atoms with Crippen LogP contribution in [0.2, 0.25) is 0 Å². The highest BCUT2D eigenvalue weighted by Crippen LogP contribution is 2.30. The summed E-state index contributed by atoms with van der Waals surface area (Å²) in [5.41, 5.74) is 16.9. The van der Waals surface area contributed by atoms with E-state index in [2.05, 4.69) is 9.97 Å². The number of nitrogen functional groups attached to an aromatic ring is 2. The molecule has 0 amide bonds. The lowest BCUT2D eigenvalue weighted by Gasteiger charge is -2.05.